The van der Waals surface area contributed by atoms with Crippen molar-refractivity contribution in [1.82, 2.24) is 10.6 Å². The van der Waals surface area contributed by atoms with Crippen LogP contribution in [0, 0.1) is 5.92 Å². The number of hydrogen-bond donors (Lipinski definition) is 2. The maximum Gasteiger partial charge on any atom is 0.251 e. The zero-order valence-corrected chi connectivity index (χ0v) is 18.4. The Bertz CT molecular complexity index is 793. The molecule has 4 nitrogen and oxygen atoms in total. The van der Waals surface area contributed by atoms with E-state index in [1.165, 1.54) is 29.7 Å². The van der Waals surface area contributed by atoms with Gasteiger partial charge >= 0.3 is 0 Å². The van der Waals surface area contributed by atoms with Gasteiger partial charge in [0.15, 0.2) is 0 Å². The number of benzene rings is 2. The highest BCUT2D eigenvalue weighted by Gasteiger charge is 2.19. The van der Waals surface area contributed by atoms with Crippen molar-refractivity contribution in [1.29, 1.82) is 0 Å². The van der Waals surface area contributed by atoms with E-state index < -0.39 is 0 Å². The second kappa shape index (κ2) is 11.4. The Balaban J connectivity index is 0.00000150. The van der Waals surface area contributed by atoms with Crippen LogP contribution in [0.3, 0.4) is 0 Å². The number of halogens is 2. The molecule has 1 unspecified atom stereocenters. The third-order valence-corrected chi connectivity index (χ3v) is 5.81. The largest absolute Gasteiger partial charge is 0.370 e. The first kappa shape index (κ1) is 23.5. The maximum absolute atomic E-state index is 12.8. The minimum Gasteiger partial charge on any atom is -0.370 e. The van der Waals surface area contributed by atoms with Crippen LogP contribution in [0.5, 0.6) is 0 Å². The first-order valence-electron chi connectivity index (χ1n) is 10.2. The number of hydrogen-bond acceptors (Lipinski definition) is 3. The van der Waals surface area contributed by atoms with E-state index in [1.807, 2.05) is 18.2 Å². The van der Waals surface area contributed by atoms with Gasteiger partial charge in [-0.25, -0.2) is 0 Å². The van der Waals surface area contributed by atoms with Crippen molar-refractivity contribution >= 4 is 36.4 Å². The Hall–Kier alpha value is -1.75. The zero-order chi connectivity index (χ0) is 18.5. The normalized spacial score (nSPS) is 17.7. The summed E-state index contributed by atoms with van der Waals surface area (Å²) in [7, 11) is 0. The van der Waals surface area contributed by atoms with Crippen LogP contribution in [-0.2, 0) is 12.8 Å². The number of para-hydroxylation sites is 1. The molecule has 0 aliphatic carbocycles. The summed E-state index contributed by atoms with van der Waals surface area (Å²) < 4.78 is 0. The Labute approximate surface area is 186 Å². The van der Waals surface area contributed by atoms with Crippen LogP contribution < -0.4 is 15.5 Å². The van der Waals surface area contributed by atoms with Crippen LogP contribution in [-0.4, -0.2) is 38.6 Å². The molecule has 1 amide bonds. The Morgan fingerprint density at radius 1 is 1.10 bits per heavy atom. The number of fused-ring (bicyclic) bond motifs is 1. The average Bonchev–Trinajstić information content (AvgIpc) is 3.21. The number of carbonyl (C=O) groups excluding carboxylic acids is 1. The van der Waals surface area contributed by atoms with E-state index in [-0.39, 0.29) is 30.7 Å². The standard InChI is InChI=1S/C23H29N3O.2ClH/c27-23(21-9-3-1-7-20(21)16-18-11-12-24-17-18)25-13-15-26-14-5-8-19-6-2-4-10-22(19)26;;/h1-4,6-7,9-10,18,24H,5,8,11-17H2,(H,25,27);2*1H. The van der Waals surface area contributed by atoms with Gasteiger partial charge in [0.25, 0.3) is 5.91 Å². The summed E-state index contributed by atoms with van der Waals surface area (Å²) in [5, 5.41) is 6.56. The third kappa shape index (κ3) is 5.88. The summed E-state index contributed by atoms with van der Waals surface area (Å²) in [6, 6.07) is 16.7. The minimum absolute atomic E-state index is 0. The minimum atomic E-state index is 0. The van der Waals surface area contributed by atoms with Gasteiger partial charge in [0, 0.05) is 30.9 Å². The van der Waals surface area contributed by atoms with Gasteiger partial charge in [-0.2, -0.15) is 0 Å². The highest BCUT2D eigenvalue weighted by Crippen LogP contribution is 2.26. The molecule has 1 saturated heterocycles. The lowest BCUT2D eigenvalue weighted by Crippen LogP contribution is -2.37. The molecule has 29 heavy (non-hydrogen) atoms. The summed E-state index contributed by atoms with van der Waals surface area (Å²) in [5.41, 5.74) is 4.76. The molecule has 4 rings (SSSR count). The molecule has 2 aliphatic heterocycles. The number of nitrogens with one attached hydrogen (secondary N) is 2. The molecule has 2 heterocycles. The summed E-state index contributed by atoms with van der Waals surface area (Å²) >= 11 is 0. The van der Waals surface area contributed by atoms with Gasteiger partial charge in [-0.05, 0) is 68.0 Å². The Morgan fingerprint density at radius 3 is 2.72 bits per heavy atom. The fourth-order valence-corrected chi connectivity index (χ4v) is 4.36. The van der Waals surface area contributed by atoms with Crippen molar-refractivity contribution < 1.29 is 4.79 Å². The lowest BCUT2D eigenvalue weighted by molar-refractivity contribution is 0.0953. The molecular weight excluding hydrogens is 405 g/mol. The summed E-state index contributed by atoms with van der Waals surface area (Å²) in [6.45, 7) is 4.75. The molecule has 2 aliphatic rings. The van der Waals surface area contributed by atoms with Crippen molar-refractivity contribution in [3.8, 4) is 0 Å². The van der Waals surface area contributed by atoms with E-state index in [0.29, 0.717) is 12.5 Å². The molecule has 0 radical (unpaired) electrons. The third-order valence-electron chi connectivity index (χ3n) is 5.81. The van der Waals surface area contributed by atoms with Crippen LogP contribution in [0.2, 0.25) is 0 Å². The van der Waals surface area contributed by atoms with Crippen LogP contribution in [0.4, 0.5) is 5.69 Å². The highest BCUT2D eigenvalue weighted by atomic mass is 35.5. The summed E-state index contributed by atoms with van der Waals surface area (Å²) in [5.74, 6) is 0.700. The van der Waals surface area contributed by atoms with Crippen LogP contribution >= 0.6 is 24.8 Å². The van der Waals surface area contributed by atoms with Crippen molar-refractivity contribution in [2.75, 3.05) is 37.6 Å². The first-order chi connectivity index (χ1) is 13.3. The van der Waals surface area contributed by atoms with E-state index in [4.69, 9.17) is 0 Å². The van der Waals surface area contributed by atoms with Gasteiger partial charge in [-0.1, -0.05) is 36.4 Å². The van der Waals surface area contributed by atoms with Crippen molar-refractivity contribution in [3.05, 3.63) is 65.2 Å². The molecule has 0 aromatic heterocycles. The summed E-state index contributed by atoms with van der Waals surface area (Å²) in [4.78, 5) is 15.2. The smallest absolute Gasteiger partial charge is 0.251 e. The van der Waals surface area contributed by atoms with Crippen molar-refractivity contribution in [2.45, 2.75) is 25.7 Å². The second-order valence-corrected chi connectivity index (χ2v) is 7.70. The number of aryl methyl sites for hydroxylation is 1. The molecule has 2 aromatic rings. The number of anilines is 1. The van der Waals surface area contributed by atoms with Crippen molar-refractivity contribution in [3.63, 3.8) is 0 Å². The fourth-order valence-electron chi connectivity index (χ4n) is 4.36. The van der Waals surface area contributed by atoms with E-state index in [2.05, 4.69) is 45.9 Å². The van der Waals surface area contributed by atoms with Gasteiger partial charge in [0.05, 0.1) is 0 Å². The second-order valence-electron chi connectivity index (χ2n) is 7.70. The number of carbonyl (C=O) groups is 1. The molecule has 0 bridgehead atoms. The van der Waals surface area contributed by atoms with Gasteiger partial charge in [-0.15, -0.1) is 24.8 Å². The average molecular weight is 436 g/mol. The van der Waals surface area contributed by atoms with Crippen LogP contribution in [0.25, 0.3) is 0 Å². The number of amides is 1. The van der Waals surface area contributed by atoms with Gasteiger partial charge in [0.1, 0.15) is 0 Å². The van der Waals surface area contributed by atoms with Crippen LogP contribution in [0.15, 0.2) is 48.5 Å². The fraction of sp³-hybridized carbons (Fsp3) is 0.435. The molecule has 0 saturated carbocycles. The summed E-state index contributed by atoms with van der Waals surface area (Å²) in [6.07, 6.45) is 4.52. The lowest BCUT2D eigenvalue weighted by Gasteiger charge is -2.31. The Morgan fingerprint density at radius 2 is 1.90 bits per heavy atom. The molecule has 1 fully saturated rings. The molecular formula is C23H31Cl2N3O. The van der Waals surface area contributed by atoms with Crippen molar-refractivity contribution in [2.24, 2.45) is 5.92 Å². The monoisotopic (exact) mass is 435 g/mol. The molecule has 0 spiro atoms. The topological polar surface area (TPSA) is 44.4 Å². The number of nitrogens with zero attached hydrogens (tertiary/aromatic N) is 1. The van der Waals surface area contributed by atoms with E-state index in [1.54, 1.807) is 0 Å². The quantitative estimate of drug-likeness (QED) is 0.723. The van der Waals surface area contributed by atoms with E-state index in [0.717, 1.165) is 44.6 Å². The molecule has 158 valence electrons. The predicted octanol–water partition coefficient (Wildman–Crippen LogP) is 3.86. The van der Waals surface area contributed by atoms with E-state index >= 15 is 0 Å². The lowest BCUT2D eigenvalue weighted by atomic mass is 9.94. The number of rotatable bonds is 6. The van der Waals surface area contributed by atoms with Crippen LogP contribution in [0.1, 0.15) is 34.3 Å². The molecule has 2 N–H and O–H groups in total. The van der Waals surface area contributed by atoms with Gasteiger partial charge in [-0.3, -0.25) is 4.79 Å². The Kier molecular flexibility index (Phi) is 9.28. The molecule has 2 aromatic carbocycles. The van der Waals surface area contributed by atoms with Gasteiger partial charge < -0.3 is 15.5 Å². The predicted molar refractivity (Wildman–Crippen MR) is 125 cm³/mol. The zero-order valence-electron chi connectivity index (χ0n) is 16.7. The van der Waals surface area contributed by atoms with Gasteiger partial charge in [0.2, 0.25) is 0 Å². The van der Waals surface area contributed by atoms with E-state index in [9.17, 15) is 4.79 Å². The molecule has 1 atom stereocenters. The first-order valence-corrected chi connectivity index (χ1v) is 10.2. The SMILES string of the molecule is Cl.Cl.O=C(NCCN1CCCc2ccccc21)c1ccccc1CC1CCNC1. The molecule has 6 heteroatoms. The maximum atomic E-state index is 12.8. The highest BCUT2D eigenvalue weighted by molar-refractivity contribution is 5.95.